The van der Waals surface area contributed by atoms with Crippen molar-refractivity contribution in [1.29, 1.82) is 0 Å². The quantitative estimate of drug-likeness (QED) is 0.150. The Kier molecular flexibility index (Phi) is 11.0. The molecule has 0 radical (unpaired) electrons. The summed E-state index contributed by atoms with van der Waals surface area (Å²) in [5.74, 6) is -0.997. The van der Waals surface area contributed by atoms with E-state index in [2.05, 4.69) is 5.32 Å². The highest BCUT2D eigenvalue weighted by Crippen LogP contribution is 2.34. The van der Waals surface area contributed by atoms with Gasteiger partial charge in [-0.25, -0.2) is 0 Å². The Morgan fingerprint density at radius 3 is 2.00 bits per heavy atom. The second kappa shape index (κ2) is 11.9. The van der Waals surface area contributed by atoms with Crippen LogP contribution >= 0.6 is 67.8 Å². The number of hydrogen-bond donors (Lipinski definition) is 6. The number of carbonyl (C=O) groups is 2. The SMILES string of the molecule is Nc1c(I)c(C(=O)NCC(O)CO)c(I)c(C(=O)N(CCO)CCO)c1I. The lowest BCUT2D eigenvalue weighted by atomic mass is 10.1. The molecule has 152 valence electrons. The number of benzene rings is 1. The number of carbonyl (C=O) groups excluding carboxylic acids is 2. The van der Waals surface area contributed by atoms with Crippen LogP contribution in [0.2, 0.25) is 0 Å². The van der Waals surface area contributed by atoms with Crippen molar-refractivity contribution in [3.8, 4) is 0 Å². The number of nitrogens with one attached hydrogen (secondary N) is 1. The van der Waals surface area contributed by atoms with E-state index < -0.39 is 24.5 Å². The van der Waals surface area contributed by atoms with E-state index in [0.29, 0.717) is 10.7 Å². The van der Waals surface area contributed by atoms with Crippen LogP contribution in [0.3, 0.4) is 0 Å². The fourth-order valence-electron chi connectivity index (χ4n) is 2.15. The number of halogens is 3. The summed E-state index contributed by atoms with van der Waals surface area (Å²) in [7, 11) is 0. The number of hydrogen-bond acceptors (Lipinski definition) is 7. The van der Waals surface area contributed by atoms with Crippen molar-refractivity contribution in [3.05, 3.63) is 21.8 Å². The van der Waals surface area contributed by atoms with E-state index in [1.54, 1.807) is 0 Å². The van der Waals surface area contributed by atoms with E-state index in [1.165, 1.54) is 4.90 Å². The predicted octanol–water partition coefficient (Wildman–Crippen LogP) is -0.408. The highest BCUT2D eigenvalue weighted by Gasteiger charge is 2.29. The van der Waals surface area contributed by atoms with Gasteiger partial charge in [-0.05, 0) is 67.8 Å². The molecule has 0 aliphatic rings. The molecule has 1 aromatic rings. The van der Waals surface area contributed by atoms with Crippen molar-refractivity contribution in [2.24, 2.45) is 0 Å². The summed E-state index contributed by atoms with van der Waals surface area (Å²) in [5, 5.41) is 39.1. The zero-order valence-electron chi connectivity index (χ0n) is 14.1. The van der Waals surface area contributed by atoms with Gasteiger partial charge in [-0.1, -0.05) is 0 Å². The van der Waals surface area contributed by atoms with Crippen molar-refractivity contribution in [2.75, 3.05) is 45.2 Å². The molecule has 1 rings (SSSR count). The van der Waals surface area contributed by atoms with Gasteiger partial charge in [0.1, 0.15) is 0 Å². The van der Waals surface area contributed by atoms with Crippen molar-refractivity contribution < 1.29 is 30.0 Å². The van der Waals surface area contributed by atoms with Gasteiger partial charge >= 0.3 is 0 Å². The Balaban J connectivity index is 3.40. The first kappa shape index (κ1) is 25.0. The minimum Gasteiger partial charge on any atom is -0.397 e. The van der Waals surface area contributed by atoms with Crippen LogP contribution in [0.1, 0.15) is 20.7 Å². The van der Waals surface area contributed by atoms with Gasteiger partial charge in [-0.3, -0.25) is 9.59 Å². The van der Waals surface area contributed by atoms with Crippen molar-refractivity contribution in [3.63, 3.8) is 0 Å². The van der Waals surface area contributed by atoms with Gasteiger partial charge in [0.05, 0.1) is 49.9 Å². The van der Waals surface area contributed by atoms with Gasteiger partial charge in [-0.15, -0.1) is 0 Å². The van der Waals surface area contributed by atoms with Crippen LogP contribution in [-0.4, -0.2) is 82.7 Å². The minimum atomic E-state index is -1.10. The molecule has 0 saturated heterocycles. The van der Waals surface area contributed by atoms with Crippen LogP contribution < -0.4 is 11.1 Å². The third-order valence-electron chi connectivity index (χ3n) is 3.53. The summed E-state index contributed by atoms with van der Waals surface area (Å²) in [4.78, 5) is 26.8. The van der Waals surface area contributed by atoms with Gasteiger partial charge in [-0.2, -0.15) is 0 Å². The average molecular weight is 719 g/mol. The van der Waals surface area contributed by atoms with E-state index in [1.807, 2.05) is 67.8 Å². The number of amides is 2. The molecule has 1 atom stereocenters. The highest BCUT2D eigenvalue weighted by molar-refractivity contribution is 14.1. The van der Waals surface area contributed by atoms with Crippen LogP contribution in [0.25, 0.3) is 0 Å². The lowest BCUT2D eigenvalue weighted by molar-refractivity contribution is 0.0682. The third kappa shape index (κ3) is 6.23. The molecule has 9 nitrogen and oxygen atoms in total. The molecule has 0 aliphatic heterocycles. The number of nitrogen functional groups attached to an aromatic ring is 1. The molecule has 0 heterocycles. The molecule has 2 amide bonds. The normalized spacial score (nSPS) is 12.0. The predicted molar refractivity (Wildman–Crippen MR) is 125 cm³/mol. The molecule has 0 aromatic heterocycles. The van der Waals surface area contributed by atoms with E-state index in [0.717, 1.165) is 0 Å². The first-order chi connectivity index (χ1) is 12.7. The Hall–Kier alpha value is -0.0100. The summed E-state index contributed by atoms with van der Waals surface area (Å²) in [6.07, 6.45) is -1.10. The van der Waals surface area contributed by atoms with Gasteiger partial charge in [0.25, 0.3) is 11.8 Å². The standard InChI is InChI=1S/C15H20I3N3O6/c16-10-8(14(26)20-5-7(25)6-24)11(17)13(19)12(18)9(10)15(27)21(1-3-22)2-4-23/h7,22-25H,1-6,19H2,(H,20,26). The van der Waals surface area contributed by atoms with E-state index in [-0.39, 0.29) is 49.7 Å². The molecule has 12 heteroatoms. The van der Waals surface area contributed by atoms with Crippen LogP contribution in [0.15, 0.2) is 0 Å². The van der Waals surface area contributed by atoms with E-state index in [4.69, 9.17) is 10.8 Å². The first-order valence-electron chi connectivity index (χ1n) is 7.75. The molecule has 1 aromatic carbocycles. The summed E-state index contributed by atoms with van der Waals surface area (Å²) in [6, 6.07) is 0. The zero-order chi connectivity index (χ0) is 20.7. The molecular weight excluding hydrogens is 699 g/mol. The maximum Gasteiger partial charge on any atom is 0.256 e. The summed E-state index contributed by atoms with van der Waals surface area (Å²) >= 11 is 5.73. The van der Waals surface area contributed by atoms with Gasteiger partial charge < -0.3 is 36.4 Å². The van der Waals surface area contributed by atoms with Gasteiger partial charge in [0.2, 0.25) is 0 Å². The zero-order valence-corrected chi connectivity index (χ0v) is 20.6. The molecule has 0 bridgehead atoms. The molecule has 0 saturated carbocycles. The van der Waals surface area contributed by atoms with Crippen molar-refractivity contribution >= 4 is 85.3 Å². The number of nitrogens with two attached hydrogens (primary N) is 1. The van der Waals surface area contributed by atoms with Crippen molar-refractivity contribution in [1.82, 2.24) is 10.2 Å². The second-order valence-electron chi connectivity index (χ2n) is 5.39. The number of aliphatic hydroxyl groups excluding tert-OH is 4. The maximum absolute atomic E-state index is 12.9. The highest BCUT2D eigenvalue weighted by atomic mass is 127. The van der Waals surface area contributed by atoms with Crippen molar-refractivity contribution in [2.45, 2.75) is 6.10 Å². The molecular formula is C15H20I3N3O6. The van der Waals surface area contributed by atoms with Crippen LogP contribution in [0, 0.1) is 10.7 Å². The first-order valence-corrected chi connectivity index (χ1v) is 11.0. The lowest BCUT2D eigenvalue weighted by Gasteiger charge is -2.24. The van der Waals surface area contributed by atoms with Crippen LogP contribution in [0.4, 0.5) is 5.69 Å². The lowest BCUT2D eigenvalue weighted by Crippen LogP contribution is -2.38. The van der Waals surface area contributed by atoms with Crippen LogP contribution in [-0.2, 0) is 0 Å². The fraction of sp³-hybridized carbons (Fsp3) is 0.467. The Bertz CT molecular complexity index is 698. The Morgan fingerprint density at radius 2 is 1.52 bits per heavy atom. The Labute approximate surface area is 197 Å². The molecule has 0 fully saturated rings. The van der Waals surface area contributed by atoms with E-state index >= 15 is 0 Å². The summed E-state index contributed by atoms with van der Waals surface area (Å²) in [5.41, 5.74) is 6.77. The van der Waals surface area contributed by atoms with Crippen LogP contribution in [0.5, 0.6) is 0 Å². The number of aliphatic hydroxyl groups is 4. The summed E-state index contributed by atoms with van der Waals surface area (Å²) < 4.78 is 1.31. The number of anilines is 1. The largest absolute Gasteiger partial charge is 0.397 e. The fourth-order valence-corrected chi connectivity index (χ4v) is 6.27. The Morgan fingerprint density at radius 1 is 1.00 bits per heavy atom. The molecule has 27 heavy (non-hydrogen) atoms. The molecule has 1 unspecified atom stereocenters. The average Bonchev–Trinajstić information content (AvgIpc) is 2.64. The number of nitrogens with zero attached hydrogens (tertiary/aromatic N) is 1. The maximum atomic E-state index is 12.9. The second-order valence-corrected chi connectivity index (χ2v) is 8.63. The summed E-state index contributed by atoms with van der Waals surface area (Å²) in [6.45, 7) is -1.14. The van der Waals surface area contributed by atoms with Gasteiger partial charge in [0.15, 0.2) is 0 Å². The smallest absolute Gasteiger partial charge is 0.256 e. The van der Waals surface area contributed by atoms with E-state index in [9.17, 15) is 24.9 Å². The van der Waals surface area contributed by atoms with Gasteiger partial charge in [0, 0.05) is 23.2 Å². The third-order valence-corrected chi connectivity index (χ3v) is 6.85. The monoisotopic (exact) mass is 719 g/mol. The number of rotatable bonds is 9. The molecule has 0 aliphatic carbocycles. The topological polar surface area (TPSA) is 156 Å². The molecule has 0 spiro atoms. The minimum absolute atomic E-state index is 0.0294. The molecule has 7 N–H and O–H groups in total.